The van der Waals surface area contributed by atoms with E-state index in [-0.39, 0.29) is 6.04 Å². The molecule has 1 aromatic carbocycles. The molecule has 2 nitrogen and oxygen atoms in total. The van der Waals surface area contributed by atoms with Gasteiger partial charge >= 0.3 is 0 Å². The van der Waals surface area contributed by atoms with E-state index in [4.69, 9.17) is 12.2 Å². The van der Waals surface area contributed by atoms with Gasteiger partial charge in [0.25, 0.3) is 0 Å². The minimum absolute atomic E-state index is 0.142. The summed E-state index contributed by atoms with van der Waals surface area (Å²) in [5.41, 5.74) is 8.44. The molecule has 1 saturated carbocycles. The molecule has 18 heavy (non-hydrogen) atoms. The molecule has 1 atom stereocenters. The Morgan fingerprint density at radius 1 is 1.39 bits per heavy atom. The molecule has 2 rings (SSSR count). The molecule has 0 amide bonds. The number of nitrogens with two attached hydrogens (primary N) is 1. The third-order valence-electron chi connectivity index (χ3n) is 3.58. The fraction of sp³-hybridized carbons (Fsp3) is 0.500. The molecule has 0 heterocycles. The molecule has 96 valence electrons. The van der Waals surface area contributed by atoms with E-state index in [0.717, 1.165) is 18.9 Å². The number of terminal acetylenes is 1. The van der Waals surface area contributed by atoms with Gasteiger partial charge in [0.2, 0.25) is 0 Å². The molecule has 0 radical (unpaired) electrons. The van der Waals surface area contributed by atoms with Crippen molar-refractivity contribution >= 4 is 5.69 Å². The van der Waals surface area contributed by atoms with E-state index in [9.17, 15) is 0 Å². The Hall–Kier alpha value is -1.46. The van der Waals surface area contributed by atoms with Crippen molar-refractivity contribution in [1.82, 2.24) is 0 Å². The SMILES string of the molecule is C#CCN(CC1CC1)c1ccc([C@H](N)CC)cc1. The molecule has 1 fully saturated rings. The van der Waals surface area contributed by atoms with Gasteiger partial charge in [0.05, 0.1) is 6.54 Å². The maximum Gasteiger partial charge on any atom is 0.0791 e. The predicted molar refractivity (Wildman–Crippen MR) is 77.4 cm³/mol. The first kappa shape index (κ1) is 13.0. The highest BCUT2D eigenvalue weighted by Crippen LogP contribution is 2.31. The van der Waals surface area contributed by atoms with Gasteiger partial charge in [-0.2, -0.15) is 0 Å². The first-order valence-electron chi connectivity index (χ1n) is 6.78. The molecule has 1 aromatic rings. The monoisotopic (exact) mass is 242 g/mol. The number of hydrogen-bond acceptors (Lipinski definition) is 2. The van der Waals surface area contributed by atoms with Crippen LogP contribution in [0, 0.1) is 18.3 Å². The molecular formula is C16H22N2. The van der Waals surface area contributed by atoms with Crippen LogP contribution in [0.1, 0.15) is 37.8 Å². The van der Waals surface area contributed by atoms with Gasteiger partial charge in [0, 0.05) is 18.3 Å². The van der Waals surface area contributed by atoms with Crippen LogP contribution in [0.5, 0.6) is 0 Å². The largest absolute Gasteiger partial charge is 0.360 e. The van der Waals surface area contributed by atoms with Gasteiger partial charge in [0.15, 0.2) is 0 Å². The fourth-order valence-corrected chi connectivity index (χ4v) is 2.15. The van der Waals surface area contributed by atoms with Crippen molar-refractivity contribution in [3.8, 4) is 12.3 Å². The van der Waals surface area contributed by atoms with Crippen molar-refractivity contribution in [3.63, 3.8) is 0 Å². The molecule has 1 aliphatic rings. The Balaban J connectivity index is 2.07. The Morgan fingerprint density at radius 2 is 2.06 bits per heavy atom. The van der Waals surface area contributed by atoms with Crippen LogP contribution in [0.2, 0.25) is 0 Å². The summed E-state index contributed by atoms with van der Waals surface area (Å²) < 4.78 is 0. The summed E-state index contributed by atoms with van der Waals surface area (Å²) in [7, 11) is 0. The second-order valence-corrected chi connectivity index (χ2v) is 5.13. The average molecular weight is 242 g/mol. The second-order valence-electron chi connectivity index (χ2n) is 5.13. The molecule has 2 heteroatoms. The molecule has 0 unspecified atom stereocenters. The summed E-state index contributed by atoms with van der Waals surface area (Å²) in [4.78, 5) is 2.29. The first-order chi connectivity index (χ1) is 8.74. The van der Waals surface area contributed by atoms with Crippen molar-refractivity contribution in [2.45, 2.75) is 32.2 Å². The normalized spacial score (nSPS) is 16.1. The lowest BCUT2D eigenvalue weighted by Gasteiger charge is -2.23. The zero-order chi connectivity index (χ0) is 13.0. The van der Waals surface area contributed by atoms with Gasteiger partial charge in [-0.3, -0.25) is 0 Å². The van der Waals surface area contributed by atoms with E-state index < -0.39 is 0 Å². The van der Waals surface area contributed by atoms with Gasteiger partial charge in [-0.05, 0) is 42.9 Å². The number of nitrogens with zero attached hydrogens (tertiary/aromatic N) is 1. The van der Waals surface area contributed by atoms with Crippen LogP contribution < -0.4 is 10.6 Å². The van der Waals surface area contributed by atoms with Crippen LogP contribution in [-0.4, -0.2) is 13.1 Å². The smallest absolute Gasteiger partial charge is 0.0791 e. The van der Waals surface area contributed by atoms with Crippen molar-refractivity contribution in [2.75, 3.05) is 18.0 Å². The minimum atomic E-state index is 0.142. The third kappa shape index (κ3) is 3.27. The molecule has 1 aliphatic carbocycles. The standard InChI is InChI=1S/C16H22N2/c1-3-11-18(12-13-5-6-13)15-9-7-14(8-10-15)16(17)4-2/h1,7-10,13,16H,4-6,11-12,17H2,2H3/t16-/m1/s1. The van der Waals surface area contributed by atoms with E-state index in [0.29, 0.717) is 6.54 Å². The number of benzene rings is 1. The summed E-state index contributed by atoms with van der Waals surface area (Å²) in [5.74, 6) is 3.59. The third-order valence-corrected chi connectivity index (χ3v) is 3.58. The summed E-state index contributed by atoms with van der Waals surface area (Å²) in [6.07, 6.45) is 9.11. The van der Waals surface area contributed by atoms with E-state index in [1.54, 1.807) is 0 Å². The van der Waals surface area contributed by atoms with E-state index in [1.165, 1.54) is 24.1 Å². The van der Waals surface area contributed by atoms with Crippen LogP contribution in [0.25, 0.3) is 0 Å². The quantitative estimate of drug-likeness (QED) is 0.777. The number of hydrogen-bond donors (Lipinski definition) is 1. The van der Waals surface area contributed by atoms with Gasteiger partial charge in [0.1, 0.15) is 0 Å². The van der Waals surface area contributed by atoms with Gasteiger partial charge in [-0.15, -0.1) is 6.42 Å². The lowest BCUT2D eigenvalue weighted by atomic mass is 10.0. The number of anilines is 1. The molecule has 0 saturated heterocycles. The highest BCUT2D eigenvalue weighted by molar-refractivity contribution is 5.49. The summed E-state index contributed by atoms with van der Waals surface area (Å²) in [6, 6.07) is 8.68. The average Bonchev–Trinajstić information content (AvgIpc) is 3.21. The van der Waals surface area contributed by atoms with Crippen LogP contribution >= 0.6 is 0 Å². The van der Waals surface area contributed by atoms with Crippen molar-refractivity contribution < 1.29 is 0 Å². The van der Waals surface area contributed by atoms with Gasteiger partial charge in [-0.1, -0.05) is 25.0 Å². The highest BCUT2D eigenvalue weighted by Gasteiger charge is 2.24. The maximum atomic E-state index is 6.02. The first-order valence-corrected chi connectivity index (χ1v) is 6.78. The Labute approximate surface area is 110 Å². The van der Waals surface area contributed by atoms with Gasteiger partial charge in [-0.25, -0.2) is 0 Å². The zero-order valence-electron chi connectivity index (χ0n) is 11.1. The molecule has 0 spiro atoms. The topological polar surface area (TPSA) is 29.3 Å². The minimum Gasteiger partial charge on any atom is -0.360 e. The molecule has 0 aromatic heterocycles. The highest BCUT2D eigenvalue weighted by atomic mass is 15.1. The molecule has 0 aliphatic heterocycles. The Morgan fingerprint density at radius 3 is 2.56 bits per heavy atom. The Kier molecular flexibility index (Phi) is 4.28. The molecular weight excluding hydrogens is 220 g/mol. The van der Waals surface area contributed by atoms with Crippen molar-refractivity contribution in [2.24, 2.45) is 11.7 Å². The zero-order valence-corrected chi connectivity index (χ0v) is 11.1. The number of rotatable bonds is 6. The Bertz CT molecular complexity index is 412. The summed E-state index contributed by atoms with van der Waals surface area (Å²) >= 11 is 0. The molecule has 0 bridgehead atoms. The summed E-state index contributed by atoms with van der Waals surface area (Å²) in [5, 5.41) is 0. The van der Waals surface area contributed by atoms with Crippen LogP contribution in [0.15, 0.2) is 24.3 Å². The lowest BCUT2D eigenvalue weighted by Crippen LogP contribution is -2.26. The second kappa shape index (κ2) is 5.93. The van der Waals surface area contributed by atoms with Crippen LogP contribution in [0.4, 0.5) is 5.69 Å². The van der Waals surface area contributed by atoms with Crippen LogP contribution in [0.3, 0.4) is 0 Å². The predicted octanol–water partition coefficient (Wildman–Crippen LogP) is 2.95. The maximum absolute atomic E-state index is 6.02. The lowest BCUT2D eigenvalue weighted by molar-refractivity contribution is 0.698. The molecule has 2 N–H and O–H groups in total. The summed E-state index contributed by atoms with van der Waals surface area (Å²) in [6.45, 7) is 3.88. The van der Waals surface area contributed by atoms with Crippen molar-refractivity contribution in [1.29, 1.82) is 0 Å². The van der Waals surface area contributed by atoms with Gasteiger partial charge < -0.3 is 10.6 Å². The van der Waals surface area contributed by atoms with E-state index in [1.807, 2.05) is 0 Å². The van der Waals surface area contributed by atoms with Crippen LogP contribution in [-0.2, 0) is 0 Å². The van der Waals surface area contributed by atoms with E-state index in [2.05, 4.69) is 42.0 Å². The fourth-order valence-electron chi connectivity index (χ4n) is 2.15. The van der Waals surface area contributed by atoms with E-state index >= 15 is 0 Å². The van der Waals surface area contributed by atoms with Crippen molar-refractivity contribution in [3.05, 3.63) is 29.8 Å².